The Kier molecular flexibility index (Phi) is 4.40. The molecule has 0 saturated carbocycles. The number of aromatic nitrogens is 2. The summed E-state index contributed by atoms with van der Waals surface area (Å²) in [6.45, 7) is 1.90. The van der Waals surface area contributed by atoms with Crippen molar-refractivity contribution in [3.63, 3.8) is 0 Å². The summed E-state index contributed by atoms with van der Waals surface area (Å²) in [6.07, 6.45) is -0.657. The second-order valence-electron chi connectivity index (χ2n) is 5.54. The van der Waals surface area contributed by atoms with Crippen LogP contribution in [0.3, 0.4) is 0 Å². The van der Waals surface area contributed by atoms with Crippen LogP contribution in [-0.4, -0.2) is 29.0 Å². The normalized spacial score (nSPS) is 13.3. The van der Waals surface area contributed by atoms with E-state index < -0.39 is 6.10 Å². The third-order valence-corrected chi connectivity index (χ3v) is 4.59. The Balaban J connectivity index is 1.42. The number of anilines is 1. The van der Waals surface area contributed by atoms with Gasteiger partial charge in [-0.05, 0) is 37.3 Å². The van der Waals surface area contributed by atoms with E-state index in [1.54, 1.807) is 19.1 Å². The van der Waals surface area contributed by atoms with Gasteiger partial charge in [-0.2, -0.15) is 0 Å². The van der Waals surface area contributed by atoms with E-state index in [1.807, 2.05) is 36.4 Å². The van der Waals surface area contributed by atoms with Crippen LogP contribution in [0.4, 0.5) is 5.13 Å². The zero-order valence-corrected chi connectivity index (χ0v) is 14.7. The van der Waals surface area contributed by atoms with Crippen molar-refractivity contribution >= 4 is 22.4 Å². The number of nitrogens with one attached hydrogen (secondary N) is 1. The summed E-state index contributed by atoms with van der Waals surface area (Å²) in [7, 11) is 0. The molecule has 1 aliphatic heterocycles. The van der Waals surface area contributed by atoms with Gasteiger partial charge in [0.05, 0.1) is 0 Å². The first-order valence-electron chi connectivity index (χ1n) is 7.95. The molecule has 1 N–H and O–H groups in total. The number of rotatable bonds is 5. The van der Waals surface area contributed by atoms with E-state index in [0.29, 0.717) is 27.4 Å². The fourth-order valence-corrected chi connectivity index (χ4v) is 3.13. The molecule has 132 valence electrons. The number of benzene rings is 2. The number of para-hydroxylation sites is 1. The molecule has 1 atom stereocenters. The van der Waals surface area contributed by atoms with E-state index in [4.69, 9.17) is 14.2 Å². The molecule has 1 amide bonds. The molecule has 7 nitrogen and oxygen atoms in total. The van der Waals surface area contributed by atoms with Crippen LogP contribution >= 0.6 is 11.3 Å². The number of fused-ring (bicyclic) bond motifs is 1. The lowest BCUT2D eigenvalue weighted by Crippen LogP contribution is -2.30. The van der Waals surface area contributed by atoms with E-state index in [1.165, 1.54) is 11.3 Å². The SMILES string of the molecule is C[C@@H](Oc1ccccc1)C(=O)Nc1nnc(-c2ccc3c(c2)OCO3)s1. The van der Waals surface area contributed by atoms with Crippen LogP contribution in [0, 0.1) is 0 Å². The standard InChI is InChI=1S/C18H15N3O4S/c1-11(25-13-5-3-2-4-6-13)16(22)19-18-21-20-17(26-18)12-7-8-14-15(9-12)24-10-23-14/h2-9,11H,10H2,1H3,(H,19,21,22)/t11-/m1/s1. The average Bonchev–Trinajstić information content (AvgIpc) is 3.31. The van der Waals surface area contributed by atoms with Crippen LogP contribution in [0.25, 0.3) is 10.6 Å². The second-order valence-corrected chi connectivity index (χ2v) is 6.52. The Labute approximate surface area is 153 Å². The van der Waals surface area contributed by atoms with E-state index >= 15 is 0 Å². The van der Waals surface area contributed by atoms with Crippen LogP contribution in [-0.2, 0) is 4.79 Å². The van der Waals surface area contributed by atoms with Gasteiger partial charge in [-0.25, -0.2) is 0 Å². The van der Waals surface area contributed by atoms with Gasteiger partial charge in [-0.3, -0.25) is 10.1 Å². The topological polar surface area (TPSA) is 82.6 Å². The van der Waals surface area contributed by atoms with Gasteiger partial charge in [0.25, 0.3) is 5.91 Å². The van der Waals surface area contributed by atoms with Crippen LogP contribution in [0.15, 0.2) is 48.5 Å². The highest BCUT2D eigenvalue weighted by Gasteiger charge is 2.19. The van der Waals surface area contributed by atoms with Gasteiger partial charge < -0.3 is 14.2 Å². The summed E-state index contributed by atoms with van der Waals surface area (Å²) in [4.78, 5) is 12.3. The third kappa shape index (κ3) is 3.45. The third-order valence-electron chi connectivity index (χ3n) is 3.70. The Morgan fingerprint density at radius 2 is 1.96 bits per heavy atom. The lowest BCUT2D eigenvalue weighted by Gasteiger charge is -2.13. The van der Waals surface area contributed by atoms with Crippen molar-refractivity contribution < 1.29 is 19.0 Å². The quantitative estimate of drug-likeness (QED) is 0.743. The van der Waals surface area contributed by atoms with Gasteiger partial charge >= 0.3 is 0 Å². The summed E-state index contributed by atoms with van der Waals surface area (Å²) < 4.78 is 16.3. The monoisotopic (exact) mass is 369 g/mol. The zero-order valence-electron chi connectivity index (χ0n) is 13.8. The molecule has 8 heteroatoms. The van der Waals surface area contributed by atoms with Crippen molar-refractivity contribution in [1.82, 2.24) is 10.2 Å². The summed E-state index contributed by atoms with van der Waals surface area (Å²) >= 11 is 1.28. The second kappa shape index (κ2) is 7.01. The highest BCUT2D eigenvalue weighted by molar-refractivity contribution is 7.18. The Hall–Kier alpha value is -3.13. The van der Waals surface area contributed by atoms with Crippen molar-refractivity contribution in [2.75, 3.05) is 12.1 Å². The molecule has 4 rings (SSSR count). The van der Waals surface area contributed by atoms with Crippen molar-refractivity contribution in [2.24, 2.45) is 0 Å². The van der Waals surface area contributed by atoms with E-state index in [9.17, 15) is 4.79 Å². The molecule has 1 aromatic heterocycles. The number of hydrogen-bond acceptors (Lipinski definition) is 7. The lowest BCUT2D eigenvalue weighted by molar-refractivity contribution is -0.122. The number of hydrogen-bond donors (Lipinski definition) is 1. The van der Waals surface area contributed by atoms with Crippen molar-refractivity contribution in [1.29, 1.82) is 0 Å². The van der Waals surface area contributed by atoms with Crippen molar-refractivity contribution in [3.8, 4) is 27.8 Å². The molecular formula is C18H15N3O4S. The number of ether oxygens (including phenoxy) is 3. The molecule has 0 spiro atoms. The molecule has 3 aromatic rings. The summed E-state index contributed by atoms with van der Waals surface area (Å²) in [5.74, 6) is 1.72. The highest BCUT2D eigenvalue weighted by Crippen LogP contribution is 2.37. The fraction of sp³-hybridized carbons (Fsp3) is 0.167. The lowest BCUT2D eigenvalue weighted by atomic mass is 10.2. The molecule has 0 fully saturated rings. The Morgan fingerprint density at radius 3 is 2.81 bits per heavy atom. The van der Waals surface area contributed by atoms with Crippen LogP contribution in [0.5, 0.6) is 17.2 Å². The smallest absolute Gasteiger partial charge is 0.266 e. The van der Waals surface area contributed by atoms with Gasteiger partial charge in [-0.1, -0.05) is 29.5 Å². The molecule has 0 radical (unpaired) electrons. The molecule has 2 aromatic carbocycles. The van der Waals surface area contributed by atoms with Crippen LogP contribution < -0.4 is 19.5 Å². The molecule has 0 aliphatic carbocycles. The molecule has 1 aliphatic rings. The average molecular weight is 369 g/mol. The molecule has 26 heavy (non-hydrogen) atoms. The summed E-state index contributed by atoms with van der Waals surface area (Å²) in [6, 6.07) is 14.7. The Morgan fingerprint density at radius 1 is 1.15 bits per heavy atom. The Bertz CT molecular complexity index is 929. The van der Waals surface area contributed by atoms with E-state index in [-0.39, 0.29) is 12.7 Å². The number of nitrogens with zero attached hydrogens (tertiary/aromatic N) is 2. The van der Waals surface area contributed by atoms with Gasteiger partial charge in [0.15, 0.2) is 17.6 Å². The first-order chi connectivity index (χ1) is 12.7. The molecule has 0 unspecified atom stereocenters. The van der Waals surface area contributed by atoms with Crippen LogP contribution in [0.1, 0.15) is 6.92 Å². The predicted molar refractivity (Wildman–Crippen MR) is 96.6 cm³/mol. The van der Waals surface area contributed by atoms with E-state index in [2.05, 4.69) is 15.5 Å². The fourth-order valence-electron chi connectivity index (χ4n) is 2.38. The van der Waals surface area contributed by atoms with Crippen LogP contribution in [0.2, 0.25) is 0 Å². The number of amides is 1. The number of carbonyl (C=O) groups is 1. The first kappa shape index (κ1) is 16.3. The maximum Gasteiger partial charge on any atom is 0.266 e. The largest absolute Gasteiger partial charge is 0.481 e. The van der Waals surface area contributed by atoms with Gasteiger partial charge in [0.2, 0.25) is 11.9 Å². The van der Waals surface area contributed by atoms with Crippen molar-refractivity contribution in [2.45, 2.75) is 13.0 Å². The van der Waals surface area contributed by atoms with Gasteiger partial charge in [0, 0.05) is 5.56 Å². The number of carbonyl (C=O) groups excluding carboxylic acids is 1. The van der Waals surface area contributed by atoms with Gasteiger partial charge in [-0.15, -0.1) is 10.2 Å². The summed E-state index contributed by atoms with van der Waals surface area (Å²) in [5, 5.41) is 12.0. The first-order valence-corrected chi connectivity index (χ1v) is 8.77. The molecule has 0 bridgehead atoms. The minimum absolute atomic E-state index is 0.218. The highest BCUT2D eigenvalue weighted by atomic mass is 32.1. The minimum Gasteiger partial charge on any atom is -0.481 e. The molecular weight excluding hydrogens is 354 g/mol. The van der Waals surface area contributed by atoms with E-state index in [0.717, 1.165) is 5.56 Å². The van der Waals surface area contributed by atoms with Crippen molar-refractivity contribution in [3.05, 3.63) is 48.5 Å². The predicted octanol–water partition coefficient (Wildman–Crippen LogP) is 3.34. The summed E-state index contributed by atoms with van der Waals surface area (Å²) in [5.41, 5.74) is 0.848. The van der Waals surface area contributed by atoms with Gasteiger partial charge in [0.1, 0.15) is 10.8 Å². The molecule has 2 heterocycles. The zero-order chi connectivity index (χ0) is 17.9. The molecule has 0 saturated heterocycles. The maximum atomic E-state index is 12.3. The maximum absolute atomic E-state index is 12.3. The minimum atomic E-state index is -0.657.